The van der Waals surface area contributed by atoms with Crippen LogP contribution in [0.1, 0.15) is 37.7 Å². The van der Waals surface area contributed by atoms with Gasteiger partial charge in [-0.2, -0.15) is 4.98 Å². The van der Waals surface area contributed by atoms with E-state index in [2.05, 4.69) is 24.9 Å². The van der Waals surface area contributed by atoms with E-state index in [-0.39, 0.29) is 5.92 Å². The van der Waals surface area contributed by atoms with Gasteiger partial charge in [-0.25, -0.2) is 4.98 Å². The van der Waals surface area contributed by atoms with Crippen LogP contribution in [0.15, 0.2) is 47.1 Å². The molecule has 0 spiro atoms. The number of nitrogens with zero attached hydrogens (tertiary/aromatic N) is 5. The summed E-state index contributed by atoms with van der Waals surface area (Å²) >= 11 is 0. The Labute approximate surface area is 188 Å². The molecule has 2 aliphatic heterocycles. The zero-order valence-electron chi connectivity index (χ0n) is 18.5. The predicted octanol–water partition coefficient (Wildman–Crippen LogP) is 4.34. The Kier molecular flexibility index (Phi) is 5.88. The number of carbonyl (C=O) groups excluding carboxylic acids is 1. The van der Waals surface area contributed by atoms with Gasteiger partial charge >= 0.3 is 0 Å². The molecule has 2 fully saturated rings. The molecule has 1 amide bonds. The summed E-state index contributed by atoms with van der Waals surface area (Å²) in [5, 5.41) is 4.19. The molecule has 4 heterocycles. The number of benzene rings is 1. The summed E-state index contributed by atoms with van der Waals surface area (Å²) in [7, 11) is 0. The average molecular weight is 432 g/mol. The molecule has 5 rings (SSSR count). The number of likely N-dealkylation sites (tertiary alicyclic amines) is 1. The molecule has 0 radical (unpaired) electrons. The van der Waals surface area contributed by atoms with Gasteiger partial charge in [0.15, 0.2) is 0 Å². The van der Waals surface area contributed by atoms with E-state index >= 15 is 0 Å². The van der Waals surface area contributed by atoms with Crippen LogP contribution in [-0.2, 0) is 4.79 Å². The average Bonchev–Trinajstić information content (AvgIpc) is 3.35. The van der Waals surface area contributed by atoms with Crippen molar-refractivity contribution in [2.24, 2.45) is 5.92 Å². The monoisotopic (exact) mass is 431 g/mol. The predicted molar refractivity (Wildman–Crippen MR) is 123 cm³/mol. The molecule has 2 aromatic heterocycles. The van der Waals surface area contributed by atoms with E-state index in [4.69, 9.17) is 4.52 Å². The lowest BCUT2D eigenvalue weighted by Crippen LogP contribution is -2.44. The highest BCUT2D eigenvalue weighted by molar-refractivity contribution is 5.79. The fourth-order valence-corrected chi connectivity index (χ4v) is 4.76. The zero-order valence-corrected chi connectivity index (χ0v) is 18.5. The van der Waals surface area contributed by atoms with Crippen LogP contribution < -0.4 is 4.90 Å². The van der Waals surface area contributed by atoms with Gasteiger partial charge in [-0.1, -0.05) is 28.9 Å². The fraction of sp³-hybridized carbons (Fsp3) is 0.440. The van der Waals surface area contributed by atoms with Crippen LogP contribution in [0, 0.1) is 12.8 Å². The Morgan fingerprint density at radius 3 is 2.62 bits per heavy atom. The first-order valence-electron chi connectivity index (χ1n) is 11.6. The van der Waals surface area contributed by atoms with Crippen LogP contribution in [0.25, 0.3) is 22.8 Å². The minimum atomic E-state index is 0.118. The molecule has 32 heavy (non-hydrogen) atoms. The third-order valence-electron chi connectivity index (χ3n) is 6.53. The summed E-state index contributed by atoms with van der Waals surface area (Å²) in [6.07, 6.45) is 7.01. The van der Waals surface area contributed by atoms with Crippen molar-refractivity contribution in [1.82, 2.24) is 20.0 Å². The maximum Gasteiger partial charge on any atom is 0.261 e. The van der Waals surface area contributed by atoms with Gasteiger partial charge in [-0.15, -0.1) is 0 Å². The second-order valence-corrected chi connectivity index (χ2v) is 8.81. The van der Waals surface area contributed by atoms with Gasteiger partial charge in [0.2, 0.25) is 11.7 Å². The van der Waals surface area contributed by atoms with Crippen LogP contribution in [0.2, 0.25) is 0 Å². The lowest BCUT2D eigenvalue weighted by atomic mass is 9.94. The Hall–Kier alpha value is -3.22. The zero-order chi connectivity index (χ0) is 21.9. The van der Waals surface area contributed by atoms with Gasteiger partial charge in [0.05, 0.1) is 5.56 Å². The number of hydrogen-bond donors (Lipinski definition) is 0. The largest absolute Gasteiger partial charge is 0.356 e. The van der Waals surface area contributed by atoms with Gasteiger partial charge in [0.25, 0.3) is 5.89 Å². The standard InChI is InChI=1S/C25H29N5O2/c1-18-7-5-8-20(17-18)22-27-24(32-28-22)21-9-6-12-26-23(21)29-15-10-19(11-16-29)25(31)30-13-3-2-4-14-30/h5-9,12,17,19H,2-4,10-11,13-16H2,1H3. The molecule has 7 nitrogen and oxygen atoms in total. The van der Waals surface area contributed by atoms with Crippen molar-refractivity contribution < 1.29 is 9.32 Å². The van der Waals surface area contributed by atoms with Crippen molar-refractivity contribution in [1.29, 1.82) is 0 Å². The topological polar surface area (TPSA) is 75.4 Å². The van der Waals surface area contributed by atoms with Crippen molar-refractivity contribution in [3.8, 4) is 22.8 Å². The summed E-state index contributed by atoms with van der Waals surface area (Å²) < 4.78 is 5.63. The highest BCUT2D eigenvalue weighted by Crippen LogP contribution is 2.32. The maximum absolute atomic E-state index is 12.9. The molecule has 3 aromatic rings. The fourth-order valence-electron chi connectivity index (χ4n) is 4.76. The summed E-state index contributed by atoms with van der Waals surface area (Å²) in [4.78, 5) is 26.5. The van der Waals surface area contributed by atoms with E-state index in [9.17, 15) is 4.79 Å². The minimum absolute atomic E-state index is 0.118. The summed E-state index contributed by atoms with van der Waals surface area (Å²) in [6, 6.07) is 11.9. The third-order valence-corrected chi connectivity index (χ3v) is 6.53. The van der Waals surface area contributed by atoms with Crippen LogP contribution >= 0.6 is 0 Å². The van der Waals surface area contributed by atoms with E-state index in [1.165, 1.54) is 6.42 Å². The number of carbonyl (C=O) groups is 1. The van der Waals surface area contributed by atoms with Crippen LogP contribution in [0.5, 0.6) is 0 Å². The molecule has 2 saturated heterocycles. The van der Waals surface area contributed by atoms with E-state index in [0.29, 0.717) is 17.6 Å². The second-order valence-electron chi connectivity index (χ2n) is 8.81. The molecule has 0 unspecified atom stereocenters. The van der Waals surface area contributed by atoms with Gasteiger partial charge in [0, 0.05) is 43.9 Å². The lowest BCUT2D eigenvalue weighted by molar-refractivity contribution is -0.137. The molecule has 7 heteroatoms. The first-order chi connectivity index (χ1) is 15.7. The molecule has 166 valence electrons. The molecule has 0 aliphatic carbocycles. The van der Waals surface area contributed by atoms with E-state index in [0.717, 1.165) is 74.4 Å². The number of piperidine rings is 2. The number of aryl methyl sites for hydroxylation is 1. The molecular weight excluding hydrogens is 402 g/mol. The molecular formula is C25H29N5O2. The second kappa shape index (κ2) is 9.10. The summed E-state index contributed by atoms with van der Waals surface area (Å²) in [5.74, 6) is 2.34. The van der Waals surface area contributed by atoms with Crippen molar-refractivity contribution in [3.05, 3.63) is 48.2 Å². The minimum Gasteiger partial charge on any atom is -0.356 e. The lowest BCUT2D eigenvalue weighted by Gasteiger charge is -2.36. The van der Waals surface area contributed by atoms with Gasteiger partial charge in [-0.05, 0) is 57.2 Å². The molecule has 0 bridgehead atoms. The number of aromatic nitrogens is 3. The van der Waals surface area contributed by atoms with Crippen LogP contribution in [0.3, 0.4) is 0 Å². The Morgan fingerprint density at radius 2 is 1.84 bits per heavy atom. The molecule has 0 saturated carbocycles. The number of rotatable bonds is 4. The normalized spacial score (nSPS) is 17.5. The number of hydrogen-bond acceptors (Lipinski definition) is 6. The van der Waals surface area contributed by atoms with Crippen LogP contribution in [-0.4, -0.2) is 52.1 Å². The SMILES string of the molecule is Cc1cccc(-c2noc(-c3cccnc3N3CCC(C(=O)N4CCCCC4)CC3)n2)c1. The number of anilines is 1. The molecule has 1 aromatic carbocycles. The van der Waals surface area contributed by atoms with E-state index < -0.39 is 0 Å². The van der Waals surface area contributed by atoms with Gasteiger partial charge < -0.3 is 14.3 Å². The Bertz CT molecular complexity index is 1080. The highest BCUT2D eigenvalue weighted by atomic mass is 16.5. The van der Waals surface area contributed by atoms with Crippen molar-refractivity contribution in [2.45, 2.75) is 39.0 Å². The summed E-state index contributed by atoms with van der Waals surface area (Å²) in [5.41, 5.74) is 2.92. The molecule has 0 N–H and O–H groups in total. The number of pyridine rings is 1. The smallest absolute Gasteiger partial charge is 0.261 e. The first kappa shape index (κ1) is 20.7. The molecule has 2 aliphatic rings. The Balaban J connectivity index is 1.31. The van der Waals surface area contributed by atoms with E-state index in [1.54, 1.807) is 6.20 Å². The van der Waals surface area contributed by atoms with Crippen LogP contribution in [0.4, 0.5) is 5.82 Å². The first-order valence-corrected chi connectivity index (χ1v) is 11.6. The van der Waals surface area contributed by atoms with E-state index in [1.807, 2.05) is 43.3 Å². The Morgan fingerprint density at radius 1 is 1.03 bits per heavy atom. The number of amides is 1. The maximum atomic E-state index is 12.9. The quantitative estimate of drug-likeness (QED) is 0.612. The third kappa shape index (κ3) is 4.24. The van der Waals surface area contributed by atoms with Crippen molar-refractivity contribution in [2.75, 3.05) is 31.1 Å². The van der Waals surface area contributed by atoms with Gasteiger partial charge in [0.1, 0.15) is 5.82 Å². The van der Waals surface area contributed by atoms with Crippen molar-refractivity contribution in [3.63, 3.8) is 0 Å². The summed E-state index contributed by atoms with van der Waals surface area (Å²) in [6.45, 7) is 5.48. The highest BCUT2D eigenvalue weighted by Gasteiger charge is 2.30. The van der Waals surface area contributed by atoms with Gasteiger partial charge in [-0.3, -0.25) is 4.79 Å². The molecule has 0 atom stereocenters. The van der Waals surface area contributed by atoms with Crippen molar-refractivity contribution >= 4 is 11.7 Å².